The second kappa shape index (κ2) is 14.4. The maximum Gasteiger partial charge on any atom is 0.416 e. The lowest BCUT2D eigenvalue weighted by Gasteiger charge is -2.43. The Balaban J connectivity index is 0.000000898. The lowest BCUT2D eigenvalue weighted by Crippen LogP contribution is -2.49. The third-order valence-corrected chi connectivity index (χ3v) is 7.03. The van der Waals surface area contributed by atoms with Crippen LogP contribution in [0, 0.1) is 17.2 Å². The minimum Gasteiger partial charge on any atom is -0.493 e. The zero-order valence-corrected chi connectivity index (χ0v) is 22.5. The van der Waals surface area contributed by atoms with Crippen molar-refractivity contribution in [3.63, 3.8) is 0 Å². The number of nitriles is 1. The van der Waals surface area contributed by atoms with Gasteiger partial charge >= 0.3 is 6.18 Å². The Labute approximate surface area is 223 Å². The topological polar surface area (TPSA) is 53.3 Å². The van der Waals surface area contributed by atoms with Gasteiger partial charge in [0.1, 0.15) is 5.75 Å². The fourth-order valence-corrected chi connectivity index (χ4v) is 4.89. The number of carbonyl (C=O) groups excluding carboxylic acids is 1. The van der Waals surface area contributed by atoms with Crippen molar-refractivity contribution in [2.45, 2.75) is 64.5 Å². The molecule has 202 valence electrons. The van der Waals surface area contributed by atoms with Gasteiger partial charge < -0.3 is 4.74 Å². The zero-order chi connectivity index (χ0) is 27.5. The lowest BCUT2D eigenvalue weighted by atomic mass is 9.62. The highest BCUT2D eigenvalue weighted by molar-refractivity contribution is 6.30. The van der Waals surface area contributed by atoms with Crippen LogP contribution < -0.4 is 4.74 Å². The highest BCUT2D eigenvalue weighted by Gasteiger charge is 2.45. The molecule has 2 aromatic carbocycles. The maximum atomic E-state index is 13.3. The quantitative estimate of drug-likeness (QED) is 0.364. The highest BCUT2D eigenvalue weighted by Crippen LogP contribution is 2.45. The molecule has 37 heavy (non-hydrogen) atoms. The first kappa shape index (κ1) is 30.7. The van der Waals surface area contributed by atoms with Gasteiger partial charge in [-0.25, -0.2) is 0 Å². The Morgan fingerprint density at radius 2 is 1.70 bits per heavy atom. The van der Waals surface area contributed by atoms with Gasteiger partial charge in [0.15, 0.2) is 5.78 Å². The van der Waals surface area contributed by atoms with E-state index in [9.17, 15) is 18.0 Å². The monoisotopic (exact) mass is 536 g/mol. The number of nitrogens with zero attached hydrogens (tertiary/aromatic N) is 2. The molecule has 4 rings (SSSR count). The van der Waals surface area contributed by atoms with E-state index in [1.165, 1.54) is 19.1 Å². The van der Waals surface area contributed by atoms with Gasteiger partial charge in [0.2, 0.25) is 0 Å². The van der Waals surface area contributed by atoms with Gasteiger partial charge in [0.05, 0.1) is 30.2 Å². The summed E-state index contributed by atoms with van der Waals surface area (Å²) in [5.74, 6) is 0.935. The van der Waals surface area contributed by atoms with E-state index in [0.717, 1.165) is 62.9 Å². The van der Waals surface area contributed by atoms with Gasteiger partial charge in [-0.15, -0.1) is 0 Å². The predicted molar refractivity (Wildman–Crippen MR) is 141 cm³/mol. The van der Waals surface area contributed by atoms with Crippen LogP contribution in [-0.2, 0) is 16.4 Å². The second-order valence-corrected chi connectivity index (χ2v) is 9.60. The van der Waals surface area contributed by atoms with Gasteiger partial charge in [0.25, 0.3) is 0 Å². The predicted octanol–water partition coefficient (Wildman–Crippen LogP) is 7.70. The summed E-state index contributed by atoms with van der Waals surface area (Å²) in [5, 5.41) is 7.99. The van der Waals surface area contributed by atoms with Crippen molar-refractivity contribution in [2.24, 2.45) is 5.92 Å². The number of benzene rings is 2. The smallest absolute Gasteiger partial charge is 0.416 e. The molecule has 2 aliphatic rings. The molecule has 0 radical (unpaired) electrons. The van der Waals surface area contributed by atoms with Crippen molar-refractivity contribution >= 4 is 17.4 Å². The van der Waals surface area contributed by atoms with Gasteiger partial charge in [-0.1, -0.05) is 44.0 Å². The van der Waals surface area contributed by atoms with E-state index in [1.54, 1.807) is 6.07 Å². The molecule has 1 unspecified atom stereocenters. The maximum absolute atomic E-state index is 13.3. The van der Waals surface area contributed by atoms with E-state index in [0.29, 0.717) is 23.9 Å². The summed E-state index contributed by atoms with van der Waals surface area (Å²) in [6, 6.07) is 14.2. The van der Waals surface area contributed by atoms with Crippen LogP contribution in [0.1, 0.15) is 64.0 Å². The molecule has 4 nitrogen and oxygen atoms in total. The molecule has 1 atom stereocenters. The molecule has 1 aliphatic heterocycles. The molecule has 1 saturated heterocycles. The first-order valence-electron chi connectivity index (χ1n) is 12.8. The summed E-state index contributed by atoms with van der Waals surface area (Å²) < 4.78 is 43.9. The Bertz CT molecular complexity index is 1010. The molecule has 2 aromatic rings. The first-order chi connectivity index (χ1) is 17.7. The number of piperidine rings is 1. The average molecular weight is 537 g/mol. The molecule has 0 aromatic heterocycles. The van der Waals surface area contributed by atoms with E-state index in [2.05, 4.69) is 4.90 Å². The second-order valence-electron chi connectivity index (χ2n) is 9.17. The summed E-state index contributed by atoms with van der Waals surface area (Å²) in [6.45, 7) is 7.90. The van der Waals surface area contributed by atoms with E-state index >= 15 is 0 Å². The van der Waals surface area contributed by atoms with Crippen molar-refractivity contribution < 1.29 is 22.7 Å². The molecule has 8 heteroatoms. The third kappa shape index (κ3) is 8.48. The van der Waals surface area contributed by atoms with Crippen LogP contribution in [-0.4, -0.2) is 36.9 Å². The zero-order valence-electron chi connectivity index (χ0n) is 21.8. The number of hydrogen-bond donors (Lipinski definition) is 0. The van der Waals surface area contributed by atoms with Crippen molar-refractivity contribution in [2.75, 3.05) is 26.2 Å². The minimum atomic E-state index is -4.35. The average Bonchev–Trinajstić information content (AvgIpc) is 2.85. The SMILES string of the molecule is CC.CC#N.O=C(CN1CCCC(COc2ccc(C(F)(F)F)cc2)C1)C1(c2ccc(Cl)cc2)CCC1. The summed E-state index contributed by atoms with van der Waals surface area (Å²) in [4.78, 5) is 15.5. The molecule has 0 amide bonds. The fraction of sp³-hybridized carbons (Fsp3) is 0.517. The number of rotatable bonds is 7. The third-order valence-electron chi connectivity index (χ3n) is 6.78. The van der Waals surface area contributed by atoms with E-state index < -0.39 is 17.2 Å². The molecular formula is C29H36ClF3N2O2. The number of halogens is 4. The normalized spacial score (nSPS) is 18.6. The Morgan fingerprint density at radius 1 is 1.11 bits per heavy atom. The van der Waals surface area contributed by atoms with Crippen LogP contribution in [0.5, 0.6) is 5.75 Å². The summed E-state index contributed by atoms with van der Waals surface area (Å²) in [5.41, 5.74) is -0.0241. The number of ketones is 1. The Hall–Kier alpha value is -2.56. The van der Waals surface area contributed by atoms with Crippen LogP contribution in [0.2, 0.25) is 5.02 Å². The summed E-state index contributed by atoms with van der Waals surface area (Å²) >= 11 is 6.02. The number of alkyl halides is 3. The van der Waals surface area contributed by atoms with E-state index in [4.69, 9.17) is 21.6 Å². The van der Waals surface area contributed by atoms with Gasteiger partial charge in [-0.2, -0.15) is 18.4 Å². The number of likely N-dealkylation sites (tertiary alicyclic amines) is 1. The molecule has 1 saturated carbocycles. The van der Waals surface area contributed by atoms with Gasteiger partial charge in [-0.3, -0.25) is 9.69 Å². The Morgan fingerprint density at radius 3 is 2.22 bits per heavy atom. The van der Waals surface area contributed by atoms with E-state index in [-0.39, 0.29) is 11.7 Å². The lowest BCUT2D eigenvalue weighted by molar-refractivity contribution is -0.137. The van der Waals surface area contributed by atoms with Crippen molar-refractivity contribution in [3.05, 3.63) is 64.7 Å². The van der Waals surface area contributed by atoms with Crippen LogP contribution >= 0.6 is 11.6 Å². The van der Waals surface area contributed by atoms with Crippen molar-refractivity contribution in [1.29, 1.82) is 5.26 Å². The van der Waals surface area contributed by atoms with Crippen molar-refractivity contribution in [1.82, 2.24) is 4.90 Å². The number of Topliss-reactive ketones (excluding diaryl/α,β-unsaturated/α-hetero) is 1. The van der Waals surface area contributed by atoms with Crippen LogP contribution in [0.25, 0.3) is 0 Å². The molecule has 0 bridgehead atoms. The van der Waals surface area contributed by atoms with Gasteiger partial charge in [0, 0.05) is 24.4 Å². The van der Waals surface area contributed by atoms with Crippen LogP contribution in [0.4, 0.5) is 13.2 Å². The minimum absolute atomic E-state index is 0.242. The molecule has 0 spiro atoms. The van der Waals surface area contributed by atoms with Crippen LogP contribution in [0.3, 0.4) is 0 Å². The van der Waals surface area contributed by atoms with Crippen molar-refractivity contribution in [3.8, 4) is 11.8 Å². The summed E-state index contributed by atoms with van der Waals surface area (Å²) in [6.07, 6.45) is 0.413. The van der Waals surface area contributed by atoms with E-state index in [1.807, 2.05) is 38.1 Å². The molecular weight excluding hydrogens is 501 g/mol. The first-order valence-corrected chi connectivity index (χ1v) is 13.2. The Kier molecular flexibility index (Phi) is 11.9. The fourth-order valence-electron chi connectivity index (χ4n) is 4.77. The van der Waals surface area contributed by atoms with Gasteiger partial charge in [-0.05, 0) is 74.2 Å². The summed E-state index contributed by atoms with van der Waals surface area (Å²) in [7, 11) is 0. The largest absolute Gasteiger partial charge is 0.493 e. The standard InChI is InChI=1S/C25H27ClF3NO2.C2H3N.C2H6/c26-21-8-4-19(5-9-21)24(12-2-13-24)23(31)16-30-14-1-3-18(15-30)17-32-22-10-6-20(7-11-22)25(27,28)29;1-2-3;1-2/h4-11,18H,1-3,12-17H2;1H3;1-2H3. The number of ether oxygens (including phenoxy) is 1. The molecule has 1 heterocycles. The number of hydrogen-bond acceptors (Lipinski definition) is 4. The molecule has 2 fully saturated rings. The molecule has 1 aliphatic carbocycles. The number of carbonyl (C=O) groups is 1. The highest BCUT2D eigenvalue weighted by atomic mass is 35.5. The van der Waals surface area contributed by atoms with Crippen LogP contribution in [0.15, 0.2) is 48.5 Å². The molecule has 0 N–H and O–H groups in total.